The van der Waals surface area contributed by atoms with E-state index in [-0.39, 0.29) is 17.9 Å². The van der Waals surface area contributed by atoms with E-state index in [0.717, 1.165) is 0 Å². The molecule has 0 aromatic rings. The highest BCUT2D eigenvalue weighted by Crippen LogP contribution is 1.91. The molecule has 0 fully saturated rings. The number of nitrogens with one attached hydrogen (secondary N) is 1. The first-order valence-electron chi connectivity index (χ1n) is 5.62. The summed E-state index contributed by atoms with van der Waals surface area (Å²) >= 11 is 0. The van der Waals surface area contributed by atoms with Crippen LogP contribution in [0.3, 0.4) is 0 Å². The van der Waals surface area contributed by atoms with Crippen molar-refractivity contribution >= 4 is 5.78 Å². The second-order valence-corrected chi connectivity index (χ2v) is 3.35. The van der Waals surface area contributed by atoms with Crippen LogP contribution in [0, 0.1) is 0 Å². The third kappa shape index (κ3) is 11.5. The maximum Gasteiger partial charge on any atom is 0.149 e. The number of Topliss-reactive ketones (excluding diaryl/α,β-unsaturated/α-hetero) is 1. The van der Waals surface area contributed by atoms with Crippen LogP contribution in [0.4, 0.5) is 0 Å². The third-order valence-electron chi connectivity index (χ3n) is 1.57. The SMILES string of the molecule is CC.CC(=O)C(COCCN)NC(C)C. The van der Waals surface area contributed by atoms with Gasteiger partial charge in [-0.15, -0.1) is 0 Å². The molecule has 0 saturated carbocycles. The lowest BCUT2D eigenvalue weighted by Gasteiger charge is -2.18. The Hall–Kier alpha value is -0.450. The van der Waals surface area contributed by atoms with E-state index in [9.17, 15) is 4.79 Å². The fraction of sp³-hybridized carbons (Fsp3) is 0.909. The number of ether oxygens (including phenoxy) is 1. The number of nitrogens with two attached hydrogens (primary N) is 1. The van der Waals surface area contributed by atoms with Crippen molar-refractivity contribution in [1.29, 1.82) is 0 Å². The Kier molecular flexibility index (Phi) is 13.1. The molecule has 0 aliphatic carbocycles. The van der Waals surface area contributed by atoms with Crippen LogP contribution in [-0.2, 0) is 9.53 Å². The largest absolute Gasteiger partial charge is 0.378 e. The molecule has 3 N–H and O–H groups in total. The van der Waals surface area contributed by atoms with Gasteiger partial charge in [-0.05, 0) is 6.92 Å². The number of carbonyl (C=O) groups excluding carboxylic acids is 1. The second-order valence-electron chi connectivity index (χ2n) is 3.35. The van der Waals surface area contributed by atoms with Gasteiger partial charge in [0.25, 0.3) is 0 Å². The zero-order chi connectivity index (χ0) is 12.3. The minimum Gasteiger partial charge on any atom is -0.378 e. The van der Waals surface area contributed by atoms with Crippen molar-refractivity contribution in [1.82, 2.24) is 5.32 Å². The molecule has 0 saturated heterocycles. The Balaban J connectivity index is 0. The lowest BCUT2D eigenvalue weighted by atomic mass is 10.2. The van der Waals surface area contributed by atoms with Gasteiger partial charge in [0, 0.05) is 12.6 Å². The average Bonchev–Trinajstić information content (AvgIpc) is 2.19. The Morgan fingerprint density at radius 3 is 2.27 bits per heavy atom. The molecule has 1 unspecified atom stereocenters. The van der Waals surface area contributed by atoms with E-state index >= 15 is 0 Å². The summed E-state index contributed by atoms with van der Waals surface area (Å²) in [4.78, 5) is 11.1. The van der Waals surface area contributed by atoms with Crippen molar-refractivity contribution < 1.29 is 9.53 Å². The molecule has 0 amide bonds. The standard InChI is InChI=1S/C9H20N2O2.C2H6/c1-7(2)11-9(8(3)12)6-13-5-4-10;1-2/h7,9,11H,4-6,10H2,1-3H3;1-2H3. The van der Waals surface area contributed by atoms with Gasteiger partial charge < -0.3 is 15.8 Å². The topological polar surface area (TPSA) is 64.3 Å². The average molecular weight is 218 g/mol. The lowest BCUT2D eigenvalue weighted by Crippen LogP contribution is -2.43. The Bertz CT molecular complexity index is 150. The summed E-state index contributed by atoms with van der Waals surface area (Å²) in [5.41, 5.74) is 5.26. The van der Waals surface area contributed by atoms with Gasteiger partial charge in [-0.3, -0.25) is 4.79 Å². The van der Waals surface area contributed by atoms with Crippen molar-refractivity contribution in [2.45, 2.75) is 46.7 Å². The Labute approximate surface area is 93.6 Å². The van der Waals surface area contributed by atoms with Gasteiger partial charge in [0.1, 0.15) is 5.78 Å². The van der Waals surface area contributed by atoms with Crippen molar-refractivity contribution in [3.05, 3.63) is 0 Å². The number of ketones is 1. The highest BCUT2D eigenvalue weighted by molar-refractivity contribution is 5.81. The highest BCUT2D eigenvalue weighted by atomic mass is 16.5. The van der Waals surface area contributed by atoms with Crippen LogP contribution in [0.2, 0.25) is 0 Å². The van der Waals surface area contributed by atoms with Gasteiger partial charge in [0.15, 0.2) is 0 Å². The monoisotopic (exact) mass is 218 g/mol. The van der Waals surface area contributed by atoms with E-state index in [4.69, 9.17) is 10.5 Å². The molecule has 0 spiro atoms. The smallest absolute Gasteiger partial charge is 0.149 e. The fourth-order valence-electron chi connectivity index (χ4n) is 0.970. The van der Waals surface area contributed by atoms with Crippen molar-refractivity contribution in [3.63, 3.8) is 0 Å². The van der Waals surface area contributed by atoms with Gasteiger partial charge >= 0.3 is 0 Å². The molecule has 0 aliphatic heterocycles. The minimum atomic E-state index is -0.202. The van der Waals surface area contributed by atoms with E-state index in [1.54, 1.807) is 6.92 Å². The number of rotatable bonds is 7. The highest BCUT2D eigenvalue weighted by Gasteiger charge is 2.14. The molecule has 0 aromatic heterocycles. The van der Waals surface area contributed by atoms with Gasteiger partial charge in [-0.25, -0.2) is 0 Å². The van der Waals surface area contributed by atoms with Gasteiger partial charge in [0.05, 0.1) is 19.3 Å². The summed E-state index contributed by atoms with van der Waals surface area (Å²) in [5, 5.41) is 3.12. The summed E-state index contributed by atoms with van der Waals surface area (Å²) < 4.78 is 5.20. The van der Waals surface area contributed by atoms with Gasteiger partial charge in [-0.1, -0.05) is 27.7 Å². The molecule has 92 valence electrons. The number of hydrogen-bond donors (Lipinski definition) is 2. The summed E-state index contributed by atoms with van der Waals surface area (Å²) in [7, 11) is 0. The summed E-state index contributed by atoms with van der Waals surface area (Å²) in [5.74, 6) is 0.103. The van der Waals surface area contributed by atoms with Crippen molar-refractivity contribution in [3.8, 4) is 0 Å². The number of carbonyl (C=O) groups is 1. The summed E-state index contributed by atoms with van der Waals surface area (Å²) in [6, 6.07) is 0.0851. The van der Waals surface area contributed by atoms with Crippen LogP contribution in [0.25, 0.3) is 0 Å². The molecule has 4 heteroatoms. The quantitative estimate of drug-likeness (QED) is 0.624. The van der Waals surface area contributed by atoms with Crippen molar-refractivity contribution in [2.24, 2.45) is 5.73 Å². The summed E-state index contributed by atoms with van der Waals surface area (Å²) in [6.45, 7) is 11.0. The van der Waals surface area contributed by atoms with E-state index < -0.39 is 0 Å². The molecule has 4 nitrogen and oxygen atoms in total. The lowest BCUT2D eigenvalue weighted by molar-refractivity contribution is -0.120. The molecule has 0 aromatic carbocycles. The van der Waals surface area contributed by atoms with Crippen molar-refractivity contribution in [2.75, 3.05) is 19.8 Å². The van der Waals surface area contributed by atoms with Crippen LogP contribution in [0.15, 0.2) is 0 Å². The molecule has 0 rings (SSSR count). The molecule has 1 atom stereocenters. The van der Waals surface area contributed by atoms with Gasteiger partial charge in [0.2, 0.25) is 0 Å². The van der Waals surface area contributed by atoms with Crippen LogP contribution < -0.4 is 11.1 Å². The normalized spacial score (nSPS) is 11.9. The maximum absolute atomic E-state index is 11.1. The first-order valence-corrected chi connectivity index (χ1v) is 5.62. The second kappa shape index (κ2) is 11.6. The molecule has 15 heavy (non-hydrogen) atoms. The van der Waals surface area contributed by atoms with Crippen LogP contribution in [-0.4, -0.2) is 37.6 Å². The molecule has 0 heterocycles. The number of hydrogen-bond acceptors (Lipinski definition) is 4. The van der Waals surface area contributed by atoms with Crippen LogP contribution in [0.1, 0.15) is 34.6 Å². The predicted octanol–water partition coefficient (Wildman–Crippen LogP) is 0.944. The minimum absolute atomic E-state index is 0.103. The van der Waals surface area contributed by atoms with Crippen LogP contribution in [0.5, 0.6) is 0 Å². The first-order chi connectivity index (χ1) is 7.07. The Morgan fingerprint density at radius 1 is 1.40 bits per heavy atom. The maximum atomic E-state index is 11.1. The molecule has 0 bridgehead atoms. The van der Waals surface area contributed by atoms with E-state index in [1.165, 1.54) is 0 Å². The molecule has 0 radical (unpaired) electrons. The Morgan fingerprint density at radius 2 is 1.93 bits per heavy atom. The zero-order valence-electron chi connectivity index (χ0n) is 10.7. The predicted molar refractivity (Wildman–Crippen MR) is 64.0 cm³/mol. The zero-order valence-corrected chi connectivity index (χ0v) is 10.7. The van der Waals surface area contributed by atoms with E-state index in [1.807, 2.05) is 27.7 Å². The van der Waals surface area contributed by atoms with Crippen LogP contribution >= 0.6 is 0 Å². The first kappa shape index (κ1) is 17.0. The molecular weight excluding hydrogens is 192 g/mol. The fourth-order valence-corrected chi connectivity index (χ4v) is 0.970. The molecular formula is C11H26N2O2. The molecule has 0 aliphatic rings. The van der Waals surface area contributed by atoms with Gasteiger partial charge in [-0.2, -0.15) is 0 Å². The third-order valence-corrected chi connectivity index (χ3v) is 1.57. The summed E-state index contributed by atoms with van der Waals surface area (Å²) in [6.07, 6.45) is 0. The van der Waals surface area contributed by atoms with E-state index in [2.05, 4.69) is 5.32 Å². The van der Waals surface area contributed by atoms with E-state index in [0.29, 0.717) is 19.8 Å².